The molecule has 2 aromatic rings. The fourth-order valence-corrected chi connectivity index (χ4v) is 2.70. The first kappa shape index (κ1) is 18.2. The van der Waals surface area contributed by atoms with E-state index in [9.17, 15) is 32.3 Å². The van der Waals surface area contributed by atoms with Gasteiger partial charge >= 0.3 is 6.18 Å². The second-order valence-electron chi connectivity index (χ2n) is 5.49. The molecule has 0 atom stereocenters. The maximum absolute atomic E-state index is 13.0. The third kappa shape index (κ3) is 2.82. The van der Waals surface area contributed by atoms with Gasteiger partial charge in [0.15, 0.2) is 0 Å². The molecule has 3 N–H and O–H groups in total. The Bertz CT molecular complexity index is 1070. The molecule has 0 radical (unpaired) electrons. The number of alkyl halides is 3. The van der Waals surface area contributed by atoms with Gasteiger partial charge in [0.05, 0.1) is 29.5 Å². The van der Waals surface area contributed by atoms with Gasteiger partial charge in [-0.3, -0.25) is 29.1 Å². The third-order valence-corrected chi connectivity index (χ3v) is 3.90. The van der Waals surface area contributed by atoms with E-state index in [1.54, 1.807) is 0 Å². The first-order valence-corrected chi connectivity index (χ1v) is 7.27. The second kappa shape index (κ2) is 5.97. The number of rotatable bonds is 3. The number of imide groups is 1. The molecule has 8 nitrogen and oxygen atoms in total. The topological polar surface area (TPSA) is 120 Å². The van der Waals surface area contributed by atoms with Crippen LogP contribution in [0.5, 0.6) is 5.75 Å². The maximum Gasteiger partial charge on any atom is 0.454 e. The summed E-state index contributed by atoms with van der Waals surface area (Å²) >= 11 is 0. The zero-order chi connectivity index (χ0) is 20.1. The summed E-state index contributed by atoms with van der Waals surface area (Å²) in [6, 6.07) is 3.80. The Morgan fingerprint density at radius 3 is 2.41 bits per heavy atom. The fraction of sp³-hybridized carbons (Fsp3) is 0.125. The number of amides is 2. The van der Waals surface area contributed by atoms with Crippen LogP contribution in [0.3, 0.4) is 0 Å². The summed E-state index contributed by atoms with van der Waals surface area (Å²) in [6.45, 7) is 0. The predicted octanol–water partition coefficient (Wildman–Crippen LogP) is 1.06. The third-order valence-electron chi connectivity index (χ3n) is 3.90. The summed E-state index contributed by atoms with van der Waals surface area (Å²) in [5.41, 5.74) is 2.74. The van der Waals surface area contributed by atoms with Crippen molar-refractivity contribution in [2.24, 2.45) is 0 Å². The Labute approximate surface area is 148 Å². The van der Waals surface area contributed by atoms with Gasteiger partial charge in [0.1, 0.15) is 11.6 Å². The van der Waals surface area contributed by atoms with E-state index in [4.69, 9.17) is 10.5 Å². The molecule has 0 spiro atoms. The number of hydrogen-bond donors (Lipinski definition) is 2. The minimum atomic E-state index is -5.23. The van der Waals surface area contributed by atoms with Gasteiger partial charge < -0.3 is 10.5 Å². The van der Waals surface area contributed by atoms with E-state index in [-0.39, 0.29) is 16.9 Å². The number of nitrogens with zero attached hydrogens (tertiary/aromatic N) is 1. The number of carbonyl (C=O) groups excluding carboxylic acids is 3. The maximum atomic E-state index is 13.0. The SMILES string of the molecule is COc1ccc(-n2c(N)c3c(cc2=O)C(=O)NC3=O)c(C(=O)C(F)(F)F)c1. The summed E-state index contributed by atoms with van der Waals surface area (Å²) in [6.07, 6.45) is -5.23. The van der Waals surface area contributed by atoms with E-state index in [2.05, 4.69) is 0 Å². The molecule has 0 unspecified atom stereocenters. The highest BCUT2D eigenvalue weighted by atomic mass is 19.4. The number of Topliss-reactive ketones (excluding diaryl/α,β-unsaturated/α-hetero) is 1. The molecular weight excluding hydrogens is 371 g/mol. The van der Waals surface area contributed by atoms with Crippen LogP contribution in [0.1, 0.15) is 31.1 Å². The zero-order valence-corrected chi connectivity index (χ0v) is 13.5. The number of nitrogen functional groups attached to an aromatic ring is 1. The monoisotopic (exact) mass is 381 g/mol. The number of fused-ring (bicyclic) bond motifs is 1. The quantitative estimate of drug-likeness (QED) is 0.606. The number of hydrogen-bond acceptors (Lipinski definition) is 6. The van der Waals surface area contributed by atoms with Crippen LogP contribution >= 0.6 is 0 Å². The van der Waals surface area contributed by atoms with Gasteiger partial charge in [0.2, 0.25) is 0 Å². The zero-order valence-electron chi connectivity index (χ0n) is 13.5. The Kier molecular flexibility index (Phi) is 4.02. The number of benzene rings is 1. The van der Waals surface area contributed by atoms with Crippen molar-refractivity contribution in [2.75, 3.05) is 12.8 Å². The standard InChI is InChI=1S/C16H10F3N3O5/c1-27-6-2-3-9(7(4-6)12(24)16(17,18)19)22-10(23)5-8-11(13(22)20)15(26)21-14(8)25/h2-5H,20H2,1H3,(H,21,25,26). The fourth-order valence-electron chi connectivity index (χ4n) is 2.70. The van der Waals surface area contributed by atoms with Crippen LogP contribution in [-0.2, 0) is 0 Å². The number of halogens is 3. The molecule has 1 aromatic carbocycles. The van der Waals surface area contributed by atoms with Crippen LogP contribution in [0.25, 0.3) is 5.69 Å². The largest absolute Gasteiger partial charge is 0.497 e. The van der Waals surface area contributed by atoms with Crippen molar-refractivity contribution in [1.29, 1.82) is 0 Å². The number of pyridine rings is 1. The molecule has 2 amide bonds. The van der Waals surface area contributed by atoms with Crippen LogP contribution in [0.15, 0.2) is 29.1 Å². The van der Waals surface area contributed by atoms with Crippen molar-refractivity contribution in [3.63, 3.8) is 0 Å². The minimum absolute atomic E-state index is 0.0629. The summed E-state index contributed by atoms with van der Waals surface area (Å²) < 4.78 is 44.3. The smallest absolute Gasteiger partial charge is 0.454 e. The number of nitrogens with two attached hydrogens (primary N) is 1. The molecule has 11 heteroatoms. The molecule has 0 fully saturated rings. The van der Waals surface area contributed by atoms with E-state index in [1.165, 1.54) is 13.2 Å². The molecule has 0 saturated heterocycles. The lowest BCUT2D eigenvalue weighted by molar-refractivity contribution is -0.0885. The highest BCUT2D eigenvalue weighted by Gasteiger charge is 2.41. The summed E-state index contributed by atoms with van der Waals surface area (Å²) in [5.74, 6) is -4.62. The highest BCUT2D eigenvalue weighted by molar-refractivity contribution is 6.23. The van der Waals surface area contributed by atoms with E-state index >= 15 is 0 Å². The lowest BCUT2D eigenvalue weighted by Crippen LogP contribution is -2.29. The van der Waals surface area contributed by atoms with Crippen LogP contribution in [0.4, 0.5) is 19.0 Å². The Morgan fingerprint density at radius 2 is 1.81 bits per heavy atom. The van der Waals surface area contributed by atoms with Gasteiger partial charge in [-0.05, 0) is 18.2 Å². The first-order chi connectivity index (χ1) is 12.6. The number of ketones is 1. The minimum Gasteiger partial charge on any atom is -0.497 e. The molecule has 140 valence electrons. The number of methoxy groups -OCH3 is 1. The number of ether oxygens (including phenoxy) is 1. The van der Waals surface area contributed by atoms with E-state index in [0.717, 1.165) is 18.2 Å². The van der Waals surface area contributed by atoms with Crippen molar-refractivity contribution in [2.45, 2.75) is 6.18 Å². The van der Waals surface area contributed by atoms with Crippen molar-refractivity contribution >= 4 is 23.4 Å². The molecule has 0 aliphatic carbocycles. The van der Waals surface area contributed by atoms with Gasteiger partial charge in [0.25, 0.3) is 23.2 Å². The van der Waals surface area contributed by atoms with Gasteiger partial charge in [-0.1, -0.05) is 0 Å². The molecule has 3 rings (SSSR count). The van der Waals surface area contributed by atoms with Gasteiger partial charge in [-0.2, -0.15) is 13.2 Å². The first-order valence-electron chi connectivity index (χ1n) is 7.27. The normalized spacial score (nSPS) is 13.3. The molecule has 0 bridgehead atoms. The summed E-state index contributed by atoms with van der Waals surface area (Å²) in [5, 5.41) is 1.93. The van der Waals surface area contributed by atoms with Crippen LogP contribution in [0.2, 0.25) is 0 Å². The van der Waals surface area contributed by atoms with Crippen LogP contribution < -0.4 is 21.3 Å². The van der Waals surface area contributed by atoms with Crippen molar-refractivity contribution in [3.05, 3.63) is 51.3 Å². The van der Waals surface area contributed by atoms with Gasteiger partial charge in [-0.15, -0.1) is 0 Å². The van der Waals surface area contributed by atoms with Gasteiger partial charge in [-0.25, -0.2) is 0 Å². The number of carbonyl (C=O) groups is 3. The lowest BCUT2D eigenvalue weighted by Gasteiger charge is -2.17. The van der Waals surface area contributed by atoms with E-state index in [0.29, 0.717) is 4.57 Å². The van der Waals surface area contributed by atoms with Crippen molar-refractivity contribution < 1.29 is 32.3 Å². The Hall–Kier alpha value is -3.63. The number of nitrogens with one attached hydrogen (secondary N) is 1. The Balaban J connectivity index is 2.35. The van der Waals surface area contributed by atoms with Gasteiger partial charge in [0, 0.05) is 6.07 Å². The second-order valence-corrected chi connectivity index (χ2v) is 5.49. The Morgan fingerprint density at radius 1 is 1.15 bits per heavy atom. The average molecular weight is 381 g/mol. The highest BCUT2D eigenvalue weighted by Crippen LogP contribution is 2.30. The summed E-state index contributed by atoms with van der Waals surface area (Å²) in [7, 11) is 1.18. The lowest BCUT2D eigenvalue weighted by atomic mass is 10.1. The molecule has 27 heavy (non-hydrogen) atoms. The molecule has 2 heterocycles. The van der Waals surface area contributed by atoms with E-state index in [1.807, 2.05) is 5.32 Å². The van der Waals surface area contributed by atoms with Crippen LogP contribution in [0, 0.1) is 0 Å². The number of anilines is 1. The van der Waals surface area contributed by atoms with Crippen molar-refractivity contribution in [3.8, 4) is 11.4 Å². The van der Waals surface area contributed by atoms with E-state index < -0.39 is 46.4 Å². The average Bonchev–Trinajstić information content (AvgIpc) is 2.87. The molecule has 1 aliphatic heterocycles. The molecule has 1 aromatic heterocycles. The van der Waals surface area contributed by atoms with Crippen LogP contribution in [-0.4, -0.2) is 35.5 Å². The predicted molar refractivity (Wildman–Crippen MR) is 85.2 cm³/mol. The molecule has 0 saturated carbocycles. The van der Waals surface area contributed by atoms with Crippen molar-refractivity contribution in [1.82, 2.24) is 9.88 Å². The molecular formula is C16H10F3N3O5. The molecule has 1 aliphatic rings. The number of aromatic nitrogens is 1. The summed E-state index contributed by atoms with van der Waals surface area (Å²) in [4.78, 5) is 47.8.